The summed E-state index contributed by atoms with van der Waals surface area (Å²) in [6, 6.07) is 7.75. The molecule has 1 aliphatic rings. The van der Waals surface area contributed by atoms with Crippen molar-refractivity contribution in [3.63, 3.8) is 0 Å². The number of anilines is 1. The number of amides is 2. The zero-order valence-electron chi connectivity index (χ0n) is 19.2. The number of carbonyl (C=O) groups is 2. The molecule has 0 saturated carbocycles. The van der Waals surface area contributed by atoms with E-state index >= 15 is 0 Å². The number of benzene rings is 1. The number of aromatic nitrogens is 2. The first-order valence-corrected chi connectivity index (χ1v) is 10.5. The molecule has 2 aromatic rings. The maximum absolute atomic E-state index is 12.2. The number of piperidine rings is 1. The summed E-state index contributed by atoms with van der Waals surface area (Å²) in [5.74, 6) is 0. The Hall–Kier alpha value is -3.36. The van der Waals surface area contributed by atoms with E-state index in [1.165, 1.54) is 12.0 Å². The molecule has 9 nitrogen and oxygen atoms in total. The minimum atomic E-state index is -0.502. The lowest BCUT2D eigenvalue weighted by atomic mass is 10.1. The summed E-state index contributed by atoms with van der Waals surface area (Å²) in [7, 11) is 2.99. The van der Waals surface area contributed by atoms with Gasteiger partial charge in [-0.2, -0.15) is 0 Å². The number of nitrogens with zero attached hydrogens (tertiary/aromatic N) is 4. The molecular weight excluding hydrogens is 412 g/mol. The lowest BCUT2D eigenvalue weighted by molar-refractivity contribution is 0.0119. The van der Waals surface area contributed by atoms with Crippen LogP contribution in [0.2, 0.25) is 0 Å². The van der Waals surface area contributed by atoms with E-state index in [9.17, 15) is 9.59 Å². The Morgan fingerprint density at radius 2 is 1.62 bits per heavy atom. The maximum atomic E-state index is 12.2. The Labute approximate surface area is 188 Å². The number of methoxy groups -OCH3 is 1. The highest BCUT2D eigenvalue weighted by atomic mass is 16.6. The predicted octanol–water partition coefficient (Wildman–Crippen LogP) is 4.12. The van der Waals surface area contributed by atoms with E-state index in [2.05, 4.69) is 9.97 Å². The Bertz CT molecular complexity index is 917. The van der Waals surface area contributed by atoms with Crippen LogP contribution in [-0.2, 0) is 9.47 Å². The minimum absolute atomic E-state index is 0.0484. The Balaban J connectivity index is 1.53. The van der Waals surface area contributed by atoms with Crippen molar-refractivity contribution in [2.24, 2.45) is 0 Å². The van der Waals surface area contributed by atoms with E-state index in [-0.39, 0.29) is 12.2 Å². The maximum Gasteiger partial charge on any atom is 0.413 e. The number of likely N-dealkylation sites (tertiary alicyclic amines) is 1. The van der Waals surface area contributed by atoms with Gasteiger partial charge in [-0.05, 0) is 38.5 Å². The van der Waals surface area contributed by atoms with Gasteiger partial charge in [-0.15, -0.1) is 0 Å². The second kappa shape index (κ2) is 9.84. The Morgan fingerprint density at radius 1 is 1.03 bits per heavy atom. The standard InChI is InChI=1S/C23H30N4O5/c1-23(2,3)32-22(29)27-12-10-19(11-13-27)31-20-24-14-17(15-25-20)16-6-8-18(9-7-16)26(4)21(28)30-5/h6-9,14-15,19H,10-13H2,1-5H3. The monoisotopic (exact) mass is 442 g/mol. The first-order valence-electron chi connectivity index (χ1n) is 10.5. The zero-order chi connectivity index (χ0) is 23.3. The predicted molar refractivity (Wildman–Crippen MR) is 120 cm³/mol. The molecule has 3 rings (SSSR count). The number of carbonyl (C=O) groups excluding carboxylic acids is 2. The molecule has 0 aliphatic carbocycles. The van der Waals surface area contributed by atoms with Crippen LogP contribution in [0.1, 0.15) is 33.6 Å². The first-order chi connectivity index (χ1) is 15.2. The van der Waals surface area contributed by atoms with Crippen LogP contribution < -0.4 is 9.64 Å². The average Bonchev–Trinajstić information content (AvgIpc) is 2.78. The summed E-state index contributed by atoms with van der Waals surface area (Å²) in [5, 5.41) is 0. The van der Waals surface area contributed by atoms with Gasteiger partial charge < -0.3 is 19.1 Å². The SMILES string of the molecule is COC(=O)N(C)c1ccc(-c2cnc(OC3CCN(C(=O)OC(C)(C)C)CC3)nc2)cc1. The second-order valence-electron chi connectivity index (χ2n) is 8.61. The van der Waals surface area contributed by atoms with Crippen LogP contribution in [0.15, 0.2) is 36.7 Å². The van der Waals surface area contributed by atoms with Gasteiger partial charge in [-0.3, -0.25) is 4.90 Å². The number of hydrogen-bond donors (Lipinski definition) is 0. The molecule has 1 aromatic heterocycles. The highest BCUT2D eigenvalue weighted by Gasteiger charge is 2.28. The fourth-order valence-electron chi connectivity index (χ4n) is 3.28. The first kappa shape index (κ1) is 23.3. The van der Waals surface area contributed by atoms with E-state index in [4.69, 9.17) is 14.2 Å². The van der Waals surface area contributed by atoms with Crippen LogP contribution in [0.25, 0.3) is 11.1 Å². The molecule has 0 atom stereocenters. The van der Waals surface area contributed by atoms with Gasteiger partial charge in [0.25, 0.3) is 0 Å². The fraction of sp³-hybridized carbons (Fsp3) is 0.478. The van der Waals surface area contributed by atoms with Crippen molar-refractivity contribution in [3.05, 3.63) is 36.7 Å². The normalized spacial score (nSPS) is 14.6. The summed E-state index contributed by atoms with van der Waals surface area (Å²) in [4.78, 5) is 35.6. The molecule has 0 unspecified atom stereocenters. The molecule has 1 aromatic carbocycles. The van der Waals surface area contributed by atoms with E-state index in [0.717, 1.165) is 16.8 Å². The van der Waals surface area contributed by atoms with Gasteiger partial charge in [-0.1, -0.05) is 12.1 Å². The van der Waals surface area contributed by atoms with Gasteiger partial charge in [0.2, 0.25) is 0 Å². The summed E-state index contributed by atoms with van der Waals surface area (Å²) in [5.41, 5.74) is 1.98. The van der Waals surface area contributed by atoms with Crippen molar-refractivity contribution in [2.75, 3.05) is 32.1 Å². The average molecular weight is 443 g/mol. The van der Waals surface area contributed by atoms with Gasteiger partial charge in [0, 0.05) is 56.6 Å². The van der Waals surface area contributed by atoms with E-state index in [1.54, 1.807) is 24.3 Å². The molecule has 1 saturated heterocycles. The molecule has 0 bridgehead atoms. The molecule has 2 heterocycles. The Morgan fingerprint density at radius 3 is 2.16 bits per heavy atom. The lowest BCUT2D eigenvalue weighted by Crippen LogP contribution is -2.44. The van der Waals surface area contributed by atoms with Crippen molar-refractivity contribution < 1.29 is 23.8 Å². The number of ether oxygens (including phenoxy) is 3. The van der Waals surface area contributed by atoms with Gasteiger partial charge >= 0.3 is 18.2 Å². The molecule has 172 valence electrons. The molecule has 0 N–H and O–H groups in total. The molecular formula is C23H30N4O5. The highest BCUT2D eigenvalue weighted by Crippen LogP contribution is 2.24. The fourth-order valence-corrected chi connectivity index (χ4v) is 3.28. The molecule has 9 heteroatoms. The molecule has 0 radical (unpaired) electrons. The number of rotatable bonds is 4. The summed E-state index contributed by atoms with van der Waals surface area (Å²) in [6.45, 7) is 6.72. The molecule has 32 heavy (non-hydrogen) atoms. The third-order valence-electron chi connectivity index (χ3n) is 5.03. The van der Waals surface area contributed by atoms with Gasteiger partial charge in [0.1, 0.15) is 11.7 Å². The van der Waals surface area contributed by atoms with Crippen molar-refractivity contribution in [1.29, 1.82) is 0 Å². The van der Waals surface area contributed by atoms with E-state index in [0.29, 0.717) is 31.9 Å². The van der Waals surface area contributed by atoms with Crippen LogP contribution in [0.4, 0.5) is 15.3 Å². The van der Waals surface area contributed by atoms with Gasteiger partial charge in [0.05, 0.1) is 7.11 Å². The van der Waals surface area contributed by atoms with Crippen LogP contribution >= 0.6 is 0 Å². The van der Waals surface area contributed by atoms with Gasteiger partial charge in [-0.25, -0.2) is 19.6 Å². The summed E-state index contributed by atoms with van der Waals surface area (Å²) >= 11 is 0. The van der Waals surface area contributed by atoms with Crippen LogP contribution in [-0.4, -0.2) is 66.0 Å². The van der Waals surface area contributed by atoms with E-state index < -0.39 is 11.7 Å². The smallest absolute Gasteiger partial charge is 0.413 e. The zero-order valence-corrected chi connectivity index (χ0v) is 19.2. The second-order valence-corrected chi connectivity index (χ2v) is 8.61. The highest BCUT2D eigenvalue weighted by molar-refractivity contribution is 5.87. The van der Waals surface area contributed by atoms with Crippen LogP contribution in [0.5, 0.6) is 6.01 Å². The van der Waals surface area contributed by atoms with Crippen molar-refractivity contribution in [3.8, 4) is 17.1 Å². The largest absolute Gasteiger partial charge is 0.460 e. The van der Waals surface area contributed by atoms with Crippen molar-refractivity contribution in [2.45, 2.75) is 45.3 Å². The van der Waals surface area contributed by atoms with Crippen molar-refractivity contribution in [1.82, 2.24) is 14.9 Å². The van der Waals surface area contributed by atoms with E-state index in [1.807, 2.05) is 45.0 Å². The molecule has 1 aliphatic heterocycles. The quantitative estimate of drug-likeness (QED) is 0.703. The lowest BCUT2D eigenvalue weighted by Gasteiger charge is -2.33. The summed E-state index contributed by atoms with van der Waals surface area (Å²) in [6.07, 6.45) is 4.03. The van der Waals surface area contributed by atoms with Gasteiger partial charge in [0.15, 0.2) is 0 Å². The Kier molecular flexibility index (Phi) is 7.17. The molecule has 1 fully saturated rings. The van der Waals surface area contributed by atoms with Crippen molar-refractivity contribution >= 4 is 17.9 Å². The number of hydrogen-bond acceptors (Lipinski definition) is 7. The topological polar surface area (TPSA) is 94.1 Å². The summed E-state index contributed by atoms with van der Waals surface area (Å²) < 4.78 is 16.0. The molecule has 2 amide bonds. The minimum Gasteiger partial charge on any atom is -0.460 e. The van der Waals surface area contributed by atoms with Crippen LogP contribution in [0, 0.1) is 0 Å². The molecule has 0 spiro atoms. The van der Waals surface area contributed by atoms with Crippen LogP contribution in [0.3, 0.4) is 0 Å². The third kappa shape index (κ3) is 6.09. The third-order valence-corrected chi connectivity index (χ3v) is 5.03.